The highest BCUT2D eigenvalue weighted by molar-refractivity contribution is 6.46. The van der Waals surface area contributed by atoms with Gasteiger partial charge in [0, 0.05) is 17.3 Å². The number of amides is 2. The van der Waals surface area contributed by atoms with Gasteiger partial charge in [-0.25, -0.2) is 4.90 Å². The summed E-state index contributed by atoms with van der Waals surface area (Å²) in [5, 5.41) is 3.15. The minimum Gasteiger partial charge on any atom is -0.496 e. The fourth-order valence-electron chi connectivity index (χ4n) is 3.75. The van der Waals surface area contributed by atoms with Crippen molar-refractivity contribution in [1.82, 2.24) is 0 Å². The molecule has 168 valence electrons. The molecule has 0 saturated heterocycles. The fraction of sp³-hybridized carbons (Fsp3) is 0.154. The number of hydrogen-bond donors (Lipinski definition) is 1. The molecule has 0 saturated carbocycles. The lowest BCUT2D eigenvalue weighted by atomic mass is 10.0. The highest BCUT2D eigenvalue weighted by atomic mass is 16.5. The van der Waals surface area contributed by atoms with Crippen molar-refractivity contribution in [3.63, 3.8) is 0 Å². The van der Waals surface area contributed by atoms with Crippen molar-refractivity contribution in [1.29, 1.82) is 0 Å². The molecule has 0 aliphatic carbocycles. The van der Waals surface area contributed by atoms with Crippen molar-refractivity contribution in [2.45, 2.75) is 6.92 Å². The summed E-state index contributed by atoms with van der Waals surface area (Å²) in [6.45, 7) is 2.41. The maximum Gasteiger partial charge on any atom is 0.282 e. The summed E-state index contributed by atoms with van der Waals surface area (Å²) in [4.78, 5) is 28.5. The summed E-state index contributed by atoms with van der Waals surface area (Å²) in [6.07, 6.45) is 0. The highest BCUT2D eigenvalue weighted by Crippen LogP contribution is 2.40. The molecular weight excluding hydrogens is 420 g/mol. The first-order valence-corrected chi connectivity index (χ1v) is 10.5. The molecule has 0 spiro atoms. The van der Waals surface area contributed by atoms with Crippen molar-refractivity contribution >= 4 is 28.8 Å². The fourth-order valence-corrected chi connectivity index (χ4v) is 3.75. The third-order valence-corrected chi connectivity index (χ3v) is 5.20. The Hall–Kier alpha value is -4.26. The van der Waals surface area contributed by atoms with Gasteiger partial charge in [0.25, 0.3) is 11.8 Å². The van der Waals surface area contributed by atoms with E-state index in [-0.39, 0.29) is 11.3 Å². The van der Waals surface area contributed by atoms with Gasteiger partial charge in [0.2, 0.25) is 0 Å². The number of rotatable bonds is 8. The van der Waals surface area contributed by atoms with Crippen LogP contribution in [0.1, 0.15) is 12.5 Å². The van der Waals surface area contributed by atoms with Crippen LogP contribution in [0.5, 0.6) is 17.2 Å². The monoisotopic (exact) mass is 444 g/mol. The van der Waals surface area contributed by atoms with Gasteiger partial charge >= 0.3 is 0 Å². The van der Waals surface area contributed by atoms with Gasteiger partial charge < -0.3 is 19.5 Å². The molecule has 0 fully saturated rings. The number of nitrogens with one attached hydrogen (secondary N) is 1. The zero-order chi connectivity index (χ0) is 23.4. The van der Waals surface area contributed by atoms with Gasteiger partial charge in [0.1, 0.15) is 22.9 Å². The first kappa shape index (κ1) is 22.0. The van der Waals surface area contributed by atoms with Gasteiger partial charge in [0.15, 0.2) is 0 Å². The second-order valence-corrected chi connectivity index (χ2v) is 7.15. The Morgan fingerprint density at radius 1 is 0.818 bits per heavy atom. The highest BCUT2D eigenvalue weighted by Gasteiger charge is 2.42. The number of ether oxygens (including phenoxy) is 3. The number of anilines is 2. The van der Waals surface area contributed by atoms with Crippen molar-refractivity contribution in [3.8, 4) is 17.2 Å². The van der Waals surface area contributed by atoms with E-state index in [2.05, 4.69) is 5.32 Å². The summed E-state index contributed by atoms with van der Waals surface area (Å²) in [7, 11) is 3.02. The molecule has 0 radical (unpaired) electrons. The Bertz CT molecular complexity index is 1230. The summed E-state index contributed by atoms with van der Waals surface area (Å²) < 4.78 is 16.5. The van der Waals surface area contributed by atoms with E-state index in [1.165, 1.54) is 14.2 Å². The van der Waals surface area contributed by atoms with Crippen molar-refractivity contribution in [2.75, 3.05) is 31.0 Å². The average Bonchev–Trinajstić information content (AvgIpc) is 3.08. The Balaban J connectivity index is 1.85. The van der Waals surface area contributed by atoms with Crippen molar-refractivity contribution in [3.05, 3.63) is 84.1 Å². The summed E-state index contributed by atoms with van der Waals surface area (Å²) in [5.41, 5.74) is 1.85. The molecule has 1 N–H and O–H groups in total. The van der Waals surface area contributed by atoms with Crippen LogP contribution in [0.25, 0.3) is 5.57 Å². The number of hydrogen-bond acceptors (Lipinski definition) is 6. The third kappa shape index (κ3) is 4.13. The molecule has 2 amide bonds. The number of benzene rings is 3. The normalized spacial score (nSPS) is 13.4. The number of para-hydroxylation sites is 3. The lowest BCUT2D eigenvalue weighted by molar-refractivity contribution is -0.120. The Labute approximate surface area is 192 Å². The number of nitrogens with zero attached hydrogens (tertiary/aromatic N) is 1. The van der Waals surface area contributed by atoms with Crippen molar-refractivity contribution < 1.29 is 23.8 Å². The molecule has 7 nitrogen and oxygen atoms in total. The third-order valence-electron chi connectivity index (χ3n) is 5.20. The average molecular weight is 444 g/mol. The van der Waals surface area contributed by atoms with Crippen LogP contribution < -0.4 is 24.4 Å². The molecule has 0 atom stereocenters. The first-order valence-electron chi connectivity index (χ1n) is 10.5. The quantitative estimate of drug-likeness (QED) is 0.516. The van der Waals surface area contributed by atoms with E-state index in [9.17, 15) is 9.59 Å². The molecule has 1 aliphatic rings. The zero-order valence-electron chi connectivity index (χ0n) is 18.6. The molecule has 7 heteroatoms. The van der Waals surface area contributed by atoms with Crippen LogP contribution in [0, 0.1) is 0 Å². The lowest BCUT2D eigenvalue weighted by Gasteiger charge is -2.18. The standard InChI is InChI=1S/C26H24N2O5/c1-4-33-18-11-9-10-17(16-18)27-24-23(19-12-5-7-14-21(19)31-2)25(29)28(26(24)30)20-13-6-8-15-22(20)32-3/h5-16,27H,4H2,1-3H3. The molecule has 3 aromatic carbocycles. The van der Waals surface area contributed by atoms with E-state index in [0.717, 1.165) is 4.90 Å². The van der Waals surface area contributed by atoms with Crippen LogP contribution in [0.3, 0.4) is 0 Å². The summed E-state index contributed by atoms with van der Waals surface area (Å²) in [5.74, 6) is 0.584. The molecule has 0 unspecified atom stereocenters. The summed E-state index contributed by atoms with van der Waals surface area (Å²) >= 11 is 0. The minimum absolute atomic E-state index is 0.143. The minimum atomic E-state index is -0.493. The molecule has 0 aromatic heterocycles. The van der Waals surface area contributed by atoms with Crippen LogP contribution >= 0.6 is 0 Å². The second kappa shape index (κ2) is 9.48. The van der Waals surface area contributed by atoms with E-state index in [1.54, 1.807) is 60.7 Å². The SMILES string of the molecule is CCOc1cccc(NC2=C(c3ccccc3OC)C(=O)N(c3ccccc3OC)C2=O)c1. The maximum absolute atomic E-state index is 13.7. The predicted octanol–water partition coefficient (Wildman–Crippen LogP) is 4.50. The number of methoxy groups -OCH3 is 2. The van der Waals surface area contributed by atoms with Gasteiger partial charge in [0.05, 0.1) is 32.1 Å². The number of carbonyl (C=O) groups excluding carboxylic acids is 2. The molecule has 0 bridgehead atoms. The van der Waals surface area contributed by atoms with E-state index in [4.69, 9.17) is 14.2 Å². The maximum atomic E-state index is 13.7. The van der Waals surface area contributed by atoms with E-state index in [1.807, 2.05) is 19.1 Å². The van der Waals surface area contributed by atoms with Gasteiger partial charge in [-0.2, -0.15) is 0 Å². The van der Waals surface area contributed by atoms with E-state index in [0.29, 0.717) is 40.8 Å². The molecule has 1 heterocycles. The van der Waals surface area contributed by atoms with E-state index >= 15 is 0 Å². The van der Waals surface area contributed by atoms with Crippen LogP contribution in [0.2, 0.25) is 0 Å². The van der Waals surface area contributed by atoms with Gasteiger partial charge in [-0.05, 0) is 37.3 Å². The van der Waals surface area contributed by atoms with Crippen LogP contribution in [-0.2, 0) is 9.59 Å². The molecule has 33 heavy (non-hydrogen) atoms. The van der Waals surface area contributed by atoms with Gasteiger partial charge in [-0.3, -0.25) is 9.59 Å². The van der Waals surface area contributed by atoms with Gasteiger partial charge in [-0.15, -0.1) is 0 Å². The molecular formula is C26H24N2O5. The Morgan fingerprint density at radius 3 is 2.24 bits per heavy atom. The number of carbonyl (C=O) groups is 2. The summed E-state index contributed by atoms with van der Waals surface area (Å²) in [6, 6.07) is 21.2. The van der Waals surface area contributed by atoms with E-state index < -0.39 is 11.8 Å². The lowest BCUT2D eigenvalue weighted by Crippen LogP contribution is -2.32. The molecule has 4 rings (SSSR count). The second-order valence-electron chi connectivity index (χ2n) is 7.15. The Morgan fingerprint density at radius 2 is 1.52 bits per heavy atom. The van der Waals surface area contributed by atoms with Crippen LogP contribution in [0.4, 0.5) is 11.4 Å². The first-order chi connectivity index (χ1) is 16.1. The van der Waals surface area contributed by atoms with Crippen LogP contribution in [-0.4, -0.2) is 32.6 Å². The van der Waals surface area contributed by atoms with Crippen LogP contribution in [0.15, 0.2) is 78.5 Å². The Kier molecular flexibility index (Phi) is 6.31. The molecule has 1 aliphatic heterocycles. The zero-order valence-corrected chi connectivity index (χ0v) is 18.6. The molecule has 3 aromatic rings. The topological polar surface area (TPSA) is 77.1 Å². The predicted molar refractivity (Wildman–Crippen MR) is 127 cm³/mol. The number of imide groups is 1. The smallest absolute Gasteiger partial charge is 0.282 e. The van der Waals surface area contributed by atoms with Gasteiger partial charge in [-0.1, -0.05) is 36.4 Å². The van der Waals surface area contributed by atoms with Crippen molar-refractivity contribution in [2.24, 2.45) is 0 Å². The largest absolute Gasteiger partial charge is 0.496 e.